The Labute approximate surface area is 126 Å². The van der Waals surface area contributed by atoms with Crippen molar-refractivity contribution in [3.63, 3.8) is 0 Å². The predicted octanol–water partition coefficient (Wildman–Crippen LogP) is 2.03. The number of H-pyrrole nitrogens is 1. The SMILES string of the molecule is CNCc1n[nH]c(C)c1S(=O)(=O)Nc1cc(F)ccc1Cl. The van der Waals surface area contributed by atoms with Crippen molar-refractivity contribution >= 4 is 27.3 Å². The molecule has 0 saturated carbocycles. The first-order chi connectivity index (χ1) is 9.85. The Morgan fingerprint density at radius 2 is 2.14 bits per heavy atom. The number of hydrogen-bond acceptors (Lipinski definition) is 4. The Kier molecular flexibility index (Phi) is 4.50. The smallest absolute Gasteiger partial charge is 0.265 e. The van der Waals surface area contributed by atoms with E-state index in [1.54, 1.807) is 14.0 Å². The second kappa shape index (κ2) is 6.00. The van der Waals surface area contributed by atoms with Crippen LogP contribution in [-0.4, -0.2) is 25.7 Å². The summed E-state index contributed by atoms with van der Waals surface area (Å²) in [5.74, 6) is -0.587. The number of aromatic amines is 1. The van der Waals surface area contributed by atoms with Gasteiger partial charge in [0.05, 0.1) is 22.1 Å². The predicted molar refractivity (Wildman–Crippen MR) is 78.3 cm³/mol. The van der Waals surface area contributed by atoms with Crippen LogP contribution in [0.15, 0.2) is 23.1 Å². The van der Waals surface area contributed by atoms with Crippen molar-refractivity contribution in [1.82, 2.24) is 15.5 Å². The van der Waals surface area contributed by atoms with E-state index in [-0.39, 0.29) is 22.2 Å². The molecular weight excluding hydrogens is 319 g/mol. The van der Waals surface area contributed by atoms with E-state index in [1.165, 1.54) is 6.07 Å². The first kappa shape index (κ1) is 15.7. The molecule has 0 aliphatic rings. The van der Waals surface area contributed by atoms with E-state index < -0.39 is 15.8 Å². The molecule has 0 aliphatic heterocycles. The number of anilines is 1. The maximum atomic E-state index is 13.2. The third-order valence-corrected chi connectivity index (χ3v) is 4.64. The van der Waals surface area contributed by atoms with E-state index in [1.807, 2.05) is 0 Å². The van der Waals surface area contributed by atoms with E-state index >= 15 is 0 Å². The number of nitrogens with one attached hydrogen (secondary N) is 3. The number of aryl methyl sites for hydroxylation is 1. The van der Waals surface area contributed by atoms with Gasteiger partial charge in [-0.25, -0.2) is 12.8 Å². The minimum absolute atomic E-state index is 0.0207. The maximum Gasteiger partial charge on any atom is 0.265 e. The Morgan fingerprint density at radius 1 is 1.43 bits per heavy atom. The standard InChI is InChI=1S/C12H14ClFN4O2S/c1-7-12(11(6-15-2)17-16-7)21(19,20)18-10-5-8(14)3-4-9(10)13/h3-5,15,18H,6H2,1-2H3,(H,16,17). The Balaban J connectivity index is 2.43. The van der Waals surface area contributed by atoms with Crippen molar-refractivity contribution in [1.29, 1.82) is 0 Å². The molecule has 6 nitrogen and oxygen atoms in total. The maximum absolute atomic E-state index is 13.2. The Hall–Kier alpha value is -1.64. The van der Waals surface area contributed by atoms with Crippen molar-refractivity contribution in [3.8, 4) is 0 Å². The normalized spacial score (nSPS) is 11.6. The summed E-state index contributed by atoms with van der Waals surface area (Å²) >= 11 is 5.88. The van der Waals surface area contributed by atoms with Crippen molar-refractivity contribution in [2.75, 3.05) is 11.8 Å². The highest BCUT2D eigenvalue weighted by atomic mass is 35.5. The monoisotopic (exact) mass is 332 g/mol. The summed E-state index contributed by atoms with van der Waals surface area (Å²) in [5.41, 5.74) is 0.711. The fourth-order valence-electron chi connectivity index (χ4n) is 1.88. The first-order valence-corrected chi connectivity index (χ1v) is 7.87. The van der Waals surface area contributed by atoms with Crippen LogP contribution in [0.5, 0.6) is 0 Å². The summed E-state index contributed by atoms with van der Waals surface area (Å²) in [7, 11) is -2.25. The lowest BCUT2D eigenvalue weighted by molar-refractivity contribution is 0.598. The third kappa shape index (κ3) is 3.34. The summed E-state index contributed by atoms with van der Waals surface area (Å²) in [5, 5.41) is 9.50. The van der Waals surface area contributed by atoms with Gasteiger partial charge in [-0.3, -0.25) is 9.82 Å². The van der Waals surface area contributed by atoms with Gasteiger partial charge in [0.15, 0.2) is 0 Å². The lowest BCUT2D eigenvalue weighted by atomic mass is 10.3. The summed E-state index contributed by atoms with van der Waals surface area (Å²) in [6, 6.07) is 3.45. The van der Waals surface area contributed by atoms with Crippen LogP contribution in [0.4, 0.5) is 10.1 Å². The van der Waals surface area contributed by atoms with Crippen LogP contribution >= 0.6 is 11.6 Å². The number of hydrogen-bond donors (Lipinski definition) is 3. The molecule has 3 N–H and O–H groups in total. The molecule has 2 aromatic rings. The average Bonchev–Trinajstić information content (AvgIpc) is 2.76. The quantitative estimate of drug-likeness (QED) is 0.782. The molecule has 0 unspecified atom stereocenters. The number of benzene rings is 1. The highest BCUT2D eigenvalue weighted by Crippen LogP contribution is 2.27. The molecule has 114 valence electrons. The van der Waals surface area contributed by atoms with Crippen LogP contribution in [0.3, 0.4) is 0 Å². The topological polar surface area (TPSA) is 86.9 Å². The zero-order valence-corrected chi connectivity index (χ0v) is 12.9. The molecule has 1 aromatic heterocycles. The molecule has 0 atom stereocenters. The van der Waals surface area contributed by atoms with Crippen LogP contribution in [0.25, 0.3) is 0 Å². The van der Waals surface area contributed by atoms with Gasteiger partial charge in [0.2, 0.25) is 0 Å². The highest BCUT2D eigenvalue weighted by Gasteiger charge is 2.25. The van der Waals surface area contributed by atoms with E-state index in [0.29, 0.717) is 11.4 Å². The fraction of sp³-hybridized carbons (Fsp3) is 0.250. The van der Waals surface area contributed by atoms with Gasteiger partial charge in [0.25, 0.3) is 10.0 Å². The molecule has 0 spiro atoms. The average molecular weight is 333 g/mol. The van der Waals surface area contributed by atoms with Crippen LogP contribution in [-0.2, 0) is 16.6 Å². The number of nitrogens with zero attached hydrogens (tertiary/aromatic N) is 1. The molecule has 9 heteroatoms. The van der Waals surface area contributed by atoms with Gasteiger partial charge in [0, 0.05) is 6.54 Å². The van der Waals surface area contributed by atoms with E-state index in [9.17, 15) is 12.8 Å². The van der Waals surface area contributed by atoms with Crippen LogP contribution < -0.4 is 10.0 Å². The first-order valence-electron chi connectivity index (χ1n) is 6.01. The number of rotatable bonds is 5. The third-order valence-electron chi connectivity index (χ3n) is 2.75. The molecular formula is C12H14ClFN4O2S. The van der Waals surface area contributed by atoms with Gasteiger partial charge in [-0.2, -0.15) is 5.10 Å². The van der Waals surface area contributed by atoms with Crippen molar-refractivity contribution < 1.29 is 12.8 Å². The number of aromatic nitrogens is 2. The Bertz CT molecular complexity index is 761. The lowest BCUT2D eigenvalue weighted by Crippen LogP contribution is -2.17. The van der Waals surface area contributed by atoms with Gasteiger partial charge in [-0.1, -0.05) is 11.6 Å². The highest BCUT2D eigenvalue weighted by molar-refractivity contribution is 7.92. The minimum Gasteiger partial charge on any atom is -0.314 e. The van der Waals surface area contributed by atoms with Crippen LogP contribution in [0.1, 0.15) is 11.4 Å². The molecule has 1 aromatic carbocycles. The summed E-state index contributed by atoms with van der Waals surface area (Å²) < 4.78 is 40.4. The molecule has 0 bridgehead atoms. The van der Waals surface area contributed by atoms with Gasteiger partial charge in [-0.05, 0) is 32.2 Å². The second-order valence-corrected chi connectivity index (χ2v) is 6.41. The van der Waals surface area contributed by atoms with Gasteiger partial charge >= 0.3 is 0 Å². The minimum atomic E-state index is -3.93. The lowest BCUT2D eigenvalue weighted by Gasteiger charge is -2.10. The van der Waals surface area contributed by atoms with E-state index in [4.69, 9.17) is 11.6 Å². The zero-order chi connectivity index (χ0) is 15.6. The van der Waals surface area contributed by atoms with Crippen LogP contribution in [0.2, 0.25) is 5.02 Å². The number of sulfonamides is 1. The molecule has 21 heavy (non-hydrogen) atoms. The summed E-state index contributed by atoms with van der Waals surface area (Å²) in [6.07, 6.45) is 0. The second-order valence-electron chi connectivity index (χ2n) is 4.38. The summed E-state index contributed by atoms with van der Waals surface area (Å²) in [4.78, 5) is 0.0252. The largest absolute Gasteiger partial charge is 0.314 e. The Morgan fingerprint density at radius 3 is 2.81 bits per heavy atom. The molecule has 0 fully saturated rings. The molecule has 1 heterocycles. The van der Waals surface area contributed by atoms with Crippen molar-refractivity contribution in [3.05, 3.63) is 40.4 Å². The van der Waals surface area contributed by atoms with Gasteiger partial charge in [0.1, 0.15) is 10.7 Å². The molecule has 2 rings (SSSR count). The van der Waals surface area contributed by atoms with Crippen molar-refractivity contribution in [2.24, 2.45) is 0 Å². The van der Waals surface area contributed by atoms with E-state index in [0.717, 1.165) is 12.1 Å². The summed E-state index contributed by atoms with van der Waals surface area (Å²) in [6.45, 7) is 1.87. The van der Waals surface area contributed by atoms with Gasteiger partial charge in [-0.15, -0.1) is 0 Å². The molecule has 0 saturated heterocycles. The van der Waals surface area contributed by atoms with E-state index in [2.05, 4.69) is 20.2 Å². The zero-order valence-electron chi connectivity index (χ0n) is 11.4. The number of halogens is 2. The molecule has 0 amide bonds. The van der Waals surface area contributed by atoms with Crippen molar-refractivity contribution in [2.45, 2.75) is 18.4 Å². The van der Waals surface area contributed by atoms with Gasteiger partial charge < -0.3 is 5.32 Å². The molecule has 0 radical (unpaired) electrons. The van der Waals surface area contributed by atoms with Crippen LogP contribution in [0, 0.1) is 12.7 Å². The fourth-order valence-corrected chi connectivity index (χ4v) is 3.54. The molecule has 0 aliphatic carbocycles.